The number of benzene rings is 2. The number of amides is 1. The van der Waals surface area contributed by atoms with Crippen molar-refractivity contribution in [1.29, 1.82) is 0 Å². The molecule has 0 radical (unpaired) electrons. The lowest BCUT2D eigenvalue weighted by molar-refractivity contribution is 0.102. The van der Waals surface area contributed by atoms with Gasteiger partial charge in [-0.3, -0.25) is 9.59 Å². The van der Waals surface area contributed by atoms with E-state index in [1.54, 1.807) is 34.9 Å². The van der Waals surface area contributed by atoms with E-state index in [4.69, 9.17) is 11.6 Å². The van der Waals surface area contributed by atoms with Gasteiger partial charge in [-0.2, -0.15) is 0 Å². The molecule has 0 saturated carbocycles. The standard InChI is InChI=1S/C19H15ClN2O3/c1-10-8-11-4-2-7-14-16(11)22(10)19(25)15(17(14)23)18(24)21-13-6-3-5-12(20)9-13/h2-7,9-10,23H,8H2,1H3,(H,21,24)/t10-/m0/s1. The highest BCUT2D eigenvalue weighted by Crippen LogP contribution is 2.36. The minimum Gasteiger partial charge on any atom is -0.506 e. The summed E-state index contributed by atoms with van der Waals surface area (Å²) in [5, 5.41) is 14.2. The molecule has 2 N–H and O–H groups in total. The third-order valence-corrected chi connectivity index (χ3v) is 4.79. The molecule has 0 aliphatic carbocycles. The molecule has 1 aromatic heterocycles. The Hall–Kier alpha value is -2.79. The topological polar surface area (TPSA) is 71.3 Å². The summed E-state index contributed by atoms with van der Waals surface area (Å²) in [6.45, 7) is 1.93. The summed E-state index contributed by atoms with van der Waals surface area (Å²) in [6.07, 6.45) is 0.700. The highest BCUT2D eigenvalue weighted by Gasteiger charge is 2.29. The van der Waals surface area contributed by atoms with Crippen LogP contribution in [0.4, 0.5) is 5.69 Å². The van der Waals surface area contributed by atoms with Gasteiger partial charge in [0.05, 0.1) is 5.52 Å². The maximum Gasteiger partial charge on any atom is 0.268 e. The summed E-state index contributed by atoms with van der Waals surface area (Å²) < 4.78 is 1.59. The summed E-state index contributed by atoms with van der Waals surface area (Å²) >= 11 is 5.92. The van der Waals surface area contributed by atoms with Gasteiger partial charge in [0.1, 0.15) is 11.3 Å². The normalized spacial score (nSPS) is 15.5. The monoisotopic (exact) mass is 354 g/mol. The molecule has 4 rings (SSSR count). The first-order chi connectivity index (χ1) is 12.0. The fourth-order valence-electron chi connectivity index (χ4n) is 3.48. The zero-order chi connectivity index (χ0) is 17.7. The molecule has 0 saturated heterocycles. The minimum absolute atomic E-state index is 0.0641. The molecule has 1 aliphatic rings. The number of hydrogen-bond donors (Lipinski definition) is 2. The van der Waals surface area contributed by atoms with E-state index in [9.17, 15) is 14.7 Å². The van der Waals surface area contributed by atoms with Gasteiger partial charge >= 0.3 is 0 Å². The van der Waals surface area contributed by atoms with Crippen LogP contribution in [-0.2, 0) is 6.42 Å². The summed E-state index contributed by atoms with van der Waals surface area (Å²) in [5.41, 5.74) is 1.43. The Balaban J connectivity index is 1.89. The van der Waals surface area contributed by atoms with Gasteiger partial charge in [-0.15, -0.1) is 0 Å². The van der Waals surface area contributed by atoms with Crippen LogP contribution in [0, 0.1) is 0 Å². The van der Waals surface area contributed by atoms with E-state index in [0.717, 1.165) is 5.56 Å². The molecule has 0 bridgehead atoms. The number of para-hydroxylation sites is 1. The van der Waals surface area contributed by atoms with Crippen LogP contribution in [-0.4, -0.2) is 15.6 Å². The average Bonchev–Trinajstić information content (AvgIpc) is 2.89. The van der Waals surface area contributed by atoms with Crippen molar-refractivity contribution in [2.45, 2.75) is 19.4 Å². The third kappa shape index (κ3) is 2.39. The van der Waals surface area contributed by atoms with Crippen molar-refractivity contribution >= 4 is 34.1 Å². The van der Waals surface area contributed by atoms with Crippen LogP contribution in [0.1, 0.15) is 28.9 Å². The quantitative estimate of drug-likeness (QED) is 0.736. The summed E-state index contributed by atoms with van der Waals surface area (Å²) in [7, 11) is 0. The summed E-state index contributed by atoms with van der Waals surface area (Å²) in [6, 6.07) is 12.0. The molecule has 1 atom stereocenters. The van der Waals surface area contributed by atoms with Crippen molar-refractivity contribution in [3.8, 4) is 5.75 Å². The smallest absolute Gasteiger partial charge is 0.268 e. The molecular weight excluding hydrogens is 340 g/mol. The zero-order valence-corrected chi connectivity index (χ0v) is 14.2. The number of halogens is 1. The lowest BCUT2D eigenvalue weighted by Crippen LogP contribution is -2.30. The van der Waals surface area contributed by atoms with Crippen LogP contribution in [0.3, 0.4) is 0 Å². The number of carbonyl (C=O) groups is 1. The Morgan fingerprint density at radius 1 is 1.28 bits per heavy atom. The predicted octanol–water partition coefficient (Wildman–Crippen LogP) is 3.73. The van der Waals surface area contributed by atoms with Gasteiger partial charge in [0.25, 0.3) is 11.5 Å². The summed E-state index contributed by atoms with van der Waals surface area (Å²) in [4.78, 5) is 25.6. The largest absolute Gasteiger partial charge is 0.506 e. The van der Waals surface area contributed by atoms with Crippen molar-refractivity contribution in [3.05, 3.63) is 69.0 Å². The van der Waals surface area contributed by atoms with Crippen LogP contribution in [0.15, 0.2) is 47.3 Å². The fraction of sp³-hybridized carbons (Fsp3) is 0.158. The number of aromatic hydroxyl groups is 1. The van der Waals surface area contributed by atoms with Gasteiger partial charge in [-0.05, 0) is 43.2 Å². The van der Waals surface area contributed by atoms with E-state index in [0.29, 0.717) is 28.0 Å². The molecule has 25 heavy (non-hydrogen) atoms. The van der Waals surface area contributed by atoms with Crippen LogP contribution >= 0.6 is 11.6 Å². The van der Waals surface area contributed by atoms with Crippen molar-refractivity contribution in [2.75, 3.05) is 5.32 Å². The molecule has 2 heterocycles. The van der Waals surface area contributed by atoms with Gasteiger partial charge in [0.15, 0.2) is 0 Å². The highest BCUT2D eigenvalue weighted by molar-refractivity contribution is 6.31. The van der Waals surface area contributed by atoms with E-state index in [-0.39, 0.29) is 17.4 Å². The van der Waals surface area contributed by atoms with Gasteiger partial charge in [-0.1, -0.05) is 29.8 Å². The first kappa shape index (κ1) is 15.7. The first-order valence-corrected chi connectivity index (χ1v) is 8.31. The van der Waals surface area contributed by atoms with Gasteiger partial charge in [0, 0.05) is 22.1 Å². The Labute approximate surface area is 148 Å². The molecule has 0 fully saturated rings. The summed E-state index contributed by atoms with van der Waals surface area (Å²) in [5.74, 6) is -0.938. The number of aromatic nitrogens is 1. The molecule has 0 unspecified atom stereocenters. The number of pyridine rings is 1. The van der Waals surface area contributed by atoms with Crippen molar-refractivity contribution < 1.29 is 9.90 Å². The Kier molecular flexibility index (Phi) is 3.54. The zero-order valence-electron chi connectivity index (χ0n) is 13.4. The van der Waals surface area contributed by atoms with Crippen molar-refractivity contribution in [3.63, 3.8) is 0 Å². The fourth-order valence-corrected chi connectivity index (χ4v) is 3.67. The van der Waals surface area contributed by atoms with Crippen molar-refractivity contribution in [1.82, 2.24) is 4.57 Å². The van der Waals surface area contributed by atoms with Crippen LogP contribution < -0.4 is 10.9 Å². The van der Waals surface area contributed by atoms with E-state index < -0.39 is 11.5 Å². The predicted molar refractivity (Wildman–Crippen MR) is 97.7 cm³/mol. The molecule has 1 aliphatic heterocycles. The third-order valence-electron chi connectivity index (χ3n) is 4.55. The molecule has 126 valence electrons. The van der Waals surface area contributed by atoms with Crippen molar-refractivity contribution in [2.24, 2.45) is 0 Å². The maximum atomic E-state index is 12.9. The number of hydrogen-bond acceptors (Lipinski definition) is 3. The minimum atomic E-state index is -0.653. The molecule has 0 spiro atoms. The molecular formula is C19H15ClN2O3. The second-order valence-corrected chi connectivity index (χ2v) is 6.67. The lowest BCUT2D eigenvalue weighted by atomic mass is 10.1. The first-order valence-electron chi connectivity index (χ1n) is 7.93. The number of rotatable bonds is 2. The second-order valence-electron chi connectivity index (χ2n) is 6.23. The molecule has 2 aromatic carbocycles. The highest BCUT2D eigenvalue weighted by atomic mass is 35.5. The molecule has 1 amide bonds. The molecule has 3 aromatic rings. The SMILES string of the molecule is C[C@H]1Cc2cccc3c(O)c(C(=O)Nc4cccc(Cl)c4)c(=O)n1c23. The van der Waals surface area contributed by atoms with E-state index >= 15 is 0 Å². The van der Waals surface area contributed by atoms with Gasteiger partial charge in [0.2, 0.25) is 0 Å². The van der Waals surface area contributed by atoms with E-state index in [1.165, 1.54) is 0 Å². The lowest BCUT2D eigenvalue weighted by Gasteiger charge is -2.14. The Bertz CT molecular complexity index is 1090. The van der Waals surface area contributed by atoms with Crippen LogP contribution in [0.2, 0.25) is 5.02 Å². The molecule has 6 heteroatoms. The number of nitrogens with one attached hydrogen (secondary N) is 1. The van der Waals surface area contributed by atoms with Gasteiger partial charge < -0.3 is 15.0 Å². The Morgan fingerprint density at radius 3 is 2.80 bits per heavy atom. The van der Waals surface area contributed by atoms with E-state index in [2.05, 4.69) is 5.32 Å². The van der Waals surface area contributed by atoms with Crippen LogP contribution in [0.25, 0.3) is 10.9 Å². The second kappa shape index (κ2) is 5.63. The van der Waals surface area contributed by atoms with E-state index in [1.807, 2.05) is 19.1 Å². The van der Waals surface area contributed by atoms with Crippen LogP contribution in [0.5, 0.6) is 5.75 Å². The molecule has 5 nitrogen and oxygen atoms in total. The Morgan fingerprint density at radius 2 is 2.04 bits per heavy atom. The van der Waals surface area contributed by atoms with Gasteiger partial charge in [-0.25, -0.2) is 0 Å². The number of carbonyl (C=O) groups excluding carboxylic acids is 1. The maximum absolute atomic E-state index is 12.9. The number of anilines is 1. The average molecular weight is 355 g/mol. The number of nitrogens with zero attached hydrogens (tertiary/aromatic N) is 1.